The Hall–Kier alpha value is -3.34. The lowest BCUT2D eigenvalue weighted by atomic mass is 10.00. The number of aromatic amines is 1. The van der Waals surface area contributed by atoms with E-state index in [2.05, 4.69) is 46.4 Å². The van der Waals surface area contributed by atoms with Crippen molar-refractivity contribution in [1.29, 1.82) is 0 Å². The SMILES string of the molecule is COC(=O)/C=C/c1ccc2c(c1)CCC2N(CCc1c[nH]c2ccccc12)C(=O)C1CCCC1. The van der Waals surface area contributed by atoms with Gasteiger partial charge in [-0.1, -0.05) is 49.2 Å². The molecule has 1 heterocycles. The number of hydrogen-bond donors (Lipinski definition) is 1. The van der Waals surface area contributed by atoms with Gasteiger partial charge in [0.2, 0.25) is 5.91 Å². The van der Waals surface area contributed by atoms with E-state index >= 15 is 0 Å². The standard InChI is InChI=1S/C29H32N2O3/c1-34-28(32)15-11-20-10-13-25-22(18-20)12-14-27(25)31(29(33)21-6-2-3-7-21)17-16-23-19-30-26-9-5-4-8-24(23)26/h4-5,8-11,13,15,18-19,21,27,30H,2-3,6-7,12,14,16-17H2,1H3/b15-11+. The molecule has 0 spiro atoms. The molecule has 2 aromatic carbocycles. The molecule has 2 aliphatic rings. The van der Waals surface area contributed by atoms with Crippen molar-refractivity contribution in [2.75, 3.05) is 13.7 Å². The van der Waals surface area contributed by atoms with E-state index in [1.807, 2.05) is 12.1 Å². The van der Waals surface area contributed by atoms with Gasteiger partial charge in [-0.2, -0.15) is 0 Å². The van der Waals surface area contributed by atoms with Gasteiger partial charge in [0.25, 0.3) is 0 Å². The summed E-state index contributed by atoms with van der Waals surface area (Å²) in [4.78, 5) is 30.7. The predicted octanol–water partition coefficient (Wildman–Crippen LogP) is 5.60. The molecule has 1 atom stereocenters. The Bertz CT molecular complexity index is 1220. The molecule has 1 unspecified atom stereocenters. The molecule has 0 saturated heterocycles. The van der Waals surface area contributed by atoms with E-state index in [4.69, 9.17) is 4.74 Å². The number of rotatable bonds is 7. The number of hydrogen-bond acceptors (Lipinski definition) is 3. The zero-order valence-corrected chi connectivity index (χ0v) is 19.8. The highest BCUT2D eigenvalue weighted by Gasteiger charge is 2.35. The van der Waals surface area contributed by atoms with Crippen LogP contribution in [-0.4, -0.2) is 35.4 Å². The van der Waals surface area contributed by atoms with Gasteiger partial charge in [0.1, 0.15) is 0 Å². The normalized spacial score (nSPS) is 18.0. The van der Waals surface area contributed by atoms with Crippen LogP contribution in [0.5, 0.6) is 0 Å². The van der Waals surface area contributed by atoms with Crippen LogP contribution in [0.2, 0.25) is 0 Å². The number of esters is 1. The van der Waals surface area contributed by atoms with Gasteiger partial charge in [-0.3, -0.25) is 4.79 Å². The molecule has 1 fully saturated rings. The number of para-hydroxylation sites is 1. The van der Waals surface area contributed by atoms with E-state index in [9.17, 15) is 9.59 Å². The largest absolute Gasteiger partial charge is 0.466 e. The van der Waals surface area contributed by atoms with Crippen molar-refractivity contribution in [3.8, 4) is 0 Å². The fourth-order valence-corrected chi connectivity index (χ4v) is 5.68. The number of H-pyrrole nitrogens is 1. The number of benzene rings is 2. The van der Waals surface area contributed by atoms with Crippen molar-refractivity contribution >= 4 is 28.9 Å². The molecule has 1 aromatic heterocycles. The van der Waals surface area contributed by atoms with Gasteiger partial charge in [-0.15, -0.1) is 0 Å². The van der Waals surface area contributed by atoms with Crippen LogP contribution in [-0.2, 0) is 27.2 Å². The fraction of sp³-hybridized carbons (Fsp3) is 0.379. The minimum absolute atomic E-state index is 0.118. The Morgan fingerprint density at radius 2 is 1.94 bits per heavy atom. The number of carbonyl (C=O) groups excluding carboxylic acids is 2. The van der Waals surface area contributed by atoms with Crippen molar-refractivity contribution in [3.63, 3.8) is 0 Å². The zero-order chi connectivity index (χ0) is 23.5. The Morgan fingerprint density at radius 1 is 1.12 bits per heavy atom. The summed E-state index contributed by atoms with van der Waals surface area (Å²) in [5.41, 5.74) is 5.91. The van der Waals surface area contributed by atoms with Gasteiger partial charge < -0.3 is 14.6 Å². The van der Waals surface area contributed by atoms with Crippen LogP contribution in [0.4, 0.5) is 0 Å². The Morgan fingerprint density at radius 3 is 2.76 bits per heavy atom. The van der Waals surface area contributed by atoms with Crippen LogP contribution in [0.25, 0.3) is 17.0 Å². The summed E-state index contributed by atoms with van der Waals surface area (Å²) < 4.78 is 4.70. The number of methoxy groups -OCH3 is 1. The van der Waals surface area contributed by atoms with Crippen LogP contribution in [0.15, 0.2) is 54.7 Å². The summed E-state index contributed by atoms with van der Waals surface area (Å²) in [5.74, 6) is 0.128. The first kappa shape index (κ1) is 22.5. The lowest BCUT2D eigenvalue weighted by molar-refractivity contribution is -0.138. The minimum Gasteiger partial charge on any atom is -0.466 e. The van der Waals surface area contributed by atoms with Crippen molar-refractivity contribution in [3.05, 3.63) is 77.0 Å². The molecule has 5 rings (SSSR count). The Balaban J connectivity index is 1.39. The predicted molar refractivity (Wildman–Crippen MR) is 134 cm³/mol. The topological polar surface area (TPSA) is 62.4 Å². The summed E-state index contributed by atoms with van der Waals surface area (Å²) in [6.45, 7) is 0.727. The second-order valence-corrected chi connectivity index (χ2v) is 9.49. The monoisotopic (exact) mass is 456 g/mol. The third-order valence-electron chi connectivity index (χ3n) is 7.49. The van der Waals surface area contributed by atoms with Gasteiger partial charge >= 0.3 is 5.97 Å². The minimum atomic E-state index is -0.357. The molecule has 1 N–H and O–H groups in total. The van der Waals surface area contributed by atoms with Gasteiger partial charge in [0, 0.05) is 35.6 Å². The van der Waals surface area contributed by atoms with E-state index in [0.717, 1.165) is 62.6 Å². The number of nitrogens with one attached hydrogen (secondary N) is 1. The smallest absolute Gasteiger partial charge is 0.330 e. The summed E-state index contributed by atoms with van der Waals surface area (Å²) in [6.07, 6.45) is 12.4. The lowest BCUT2D eigenvalue weighted by Gasteiger charge is -2.32. The summed E-state index contributed by atoms with van der Waals surface area (Å²) in [5, 5.41) is 1.24. The Kier molecular flexibility index (Phi) is 6.52. The quantitative estimate of drug-likeness (QED) is 0.372. The van der Waals surface area contributed by atoms with Gasteiger partial charge in [-0.05, 0) is 66.5 Å². The summed E-state index contributed by atoms with van der Waals surface area (Å²) in [7, 11) is 1.38. The third kappa shape index (κ3) is 4.52. The van der Waals surface area contributed by atoms with Gasteiger partial charge in [0.15, 0.2) is 0 Å². The zero-order valence-electron chi connectivity index (χ0n) is 19.8. The first-order valence-corrected chi connectivity index (χ1v) is 12.4. The van der Waals surface area contributed by atoms with Crippen LogP contribution >= 0.6 is 0 Å². The number of aryl methyl sites for hydroxylation is 1. The number of fused-ring (bicyclic) bond motifs is 2. The number of ether oxygens (including phenoxy) is 1. The number of aromatic nitrogens is 1. The summed E-state index contributed by atoms with van der Waals surface area (Å²) in [6, 6.07) is 14.8. The molecule has 1 amide bonds. The second-order valence-electron chi connectivity index (χ2n) is 9.49. The molecular weight excluding hydrogens is 424 g/mol. The molecule has 3 aromatic rings. The van der Waals surface area contributed by atoms with Crippen LogP contribution in [0, 0.1) is 5.92 Å². The highest BCUT2D eigenvalue weighted by atomic mass is 16.5. The molecule has 0 aliphatic heterocycles. The number of amides is 1. The van der Waals surface area contributed by atoms with E-state index in [1.165, 1.54) is 35.3 Å². The highest BCUT2D eigenvalue weighted by Crippen LogP contribution is 2.39. The molecular formula is C29H32N2O3. The molecule has 5 heteroatoms. The average Bonchev–Trinajstić information content (AvgIpc) is 3.63. The van der Waals surface area contributed by atoms with E-state index in [1.54, 1.807) is 6.08 Å². The van der Waals surface area contributed by atoms with Crippen molar-refractivity contribution in [2.24, 2.45) is 5.92 Å². The highest BCUT2D eigenvalue weighted by molar-refractivity contribution is 5.87. The van der Waals surface area contributed by atoms with Crippen LogP contribution < -0.4 is 0 Å². The molecule has 0 bridgehead atoms. The molecule has 5 nitrogen and oxygen atoms in total. The van der Waals surface area contributed by atoms with Crippen molar-refractivity contribution < 1.29 is 14.3 Å². The van der Waals surface area contributed by atoms with Crippen molar-refractivity contribution in [1.82, 2.24) is 9.88 Å². The Labute approximate surface area is 200 Å². The van der Waals surface area contributed by atoms with Gasteiger partial charge in [-0.25, -0.2) is 4.79 Å². The lowest BCUT2D eigenvalue weighted by Crippen LogP contribution is -2.39. The summed E-state index contributed by atoms with van der Waals surface area (Å²) >= 11 is 0. The maximum Gasteiger partial charge on any atom is 0.330 e. The number of nitrogens with zero attached hydrogens (tertiary/aromatic N) is 1. The van der Waals surface area contributed by atoms with Gasteiger partial charge in [0.05, 0.1) is 13.2 Å². The number of carbonyl (C=O) groups is 2. The van der Waals surface area contributed by atoms with E-state index in [-0.39, 0.29) is 17.9 Å². The van der Waals surface area contributed by atoms with Crippen LogP contribution in [0.3, 0.4) is 0 Å². The van der Waals surface area contributed by atoms with Crippen LogP contribution in [0.1, 0.15) is 60.4 Å². The molecule has 1 saturated carbocycles. The van der Waals surface area contributed by atoms with Crippen molar-refractivity contribution in [2.45, 2.75) is 51.0 Å². The molecule has 2 aliphatic carbocycles. The second kappa shape index (κ2) is 9.88. The average molecular weight is 457 g/mol. The first-order chi connectivity index (χ1) is 16.6. The van der Waals surface area contributed by atoms with E-state index < -0.39 is 0 Å². The first-order valence-electron chi connectivity index (χ1n) is 12.4. The third-order valence-corrected chi connectivity index (χ3v) is 7.49. The fourth-order valence-electron chi connectivity index (χ4n) is 5.68. The van der Waals surface area contributed by atoms with E-state index in [0.29, 0.717) is 5.91 Å². The maximum absolute atomic E-state index is 13.7. The molecule has 176 valence electrons. The maximum atomic E-state index is 13.7. The molecule has 34 heavy (non-hydrogen) atoms. The molecule has 0 radical (unpaired) electrons.